The molecule has 3 N–H and O–H groups in total. The summed E-state index contributed by atoms with van der Waals surface area (Å²) >= 11 is 5.99. The molecular weight excluding hydrogens is 440 g/mol. The molecule has 0 aliphatic rings. The number of amidine groups is 1. The highest BCUT2D eigenvalue weighted by molar-refractivity contribution is 7.87. The molecule has 7 nitrogen and oxygen atoms in total. The number of methoxy groups -OCH3 is 1. The van der Waals surface area contributed by atoms with E-state index in [4.69, 9.17) is 36.4 Å². The van der Waals surface area contributed by atoms with Crippen LogP contribution in [0.25, 0.3) is 0 Å². The van der Waals surface area contributed by atoms with E-state index in [1.54, 1.807) is 30.3 Å². The maximum absolute atomic E-state index is 12.6. The molecule has 3 aromatic rings. The van der Waals surface area contributed by atoms with E-state index < -0.39 is 10.1 Å². The van der Waals surface area contributed by atoms with Crippen LogP contribution < -0.4 is 19.4 Å². The van der Waals surface area contributed by atoms with Gasteiger partial charge in [-0.3, -0.25) is 5.41 Å². The fourth-order valence-corrected chi connectivity index (χ4v) is 4.16. The number of nitrogens with one attached hydrogen (secondary N) is 1. The molecule has 0 fully saturated rings. The van der Waals surface area contributed by atoms with Gasteiger partial charge in [0.05, 0.1) is 18.7 Å². The smallest absolute Gasteiger partial charge is 0.340 e. The molecule has 3 aromatic carbocycles. The first-order valence-electron chi connectivity index (χ1n) is 9.23. The summed E-state index contributed by atoms with van der Waals surface area (Å²) in [4.78, 5) is -0.129. The Morgan fingerprint density at radius 1 is 1.00 bits per heavy atom. The highest BCUT2D eigenvalue weighted by Gasteiger charge is 2.20. The Bertz CT molecular complexity index is 1180. The third-order valence-electron chi connectivity index (χ3n) is 4.33. The Kier molecular flexibility index (Phi) is 7.04. The van der Waals surface area contributed by atoms with Gasteiger partial charge in [-0.15, -0.1) is 0 Å². The summed E-state index contributed by atoms with van der Waals surface area (Å²) in [7, 11) is -2.67. The van der Waals surface area contributed by atoms with Gasteiger partial charge in [0, 0.05) is 30.2 Å². The second-order valence-electron chi connectivity index (χ2n) is 6.52. The van der Waals surface area contributed by atoms with E-state index in [1.165, 1.54) is 31.4 Å². The Labute approximate surface area is 186 Å². The summed E-state index contributed by atoms with van der Waals surface area (Å²) in [6.07, 6.45) is 0.601. The largest absolute Gasteiger partial charge is 0.496 e. The predicted octanol–water partition coefficient (Wildman–Crippen LogP) is 4.02. The van der Waals surface area contributed by atoms with Gasteiger partial charge in [0.1, 0.15) is 28.0 Å². The van der Waals surface area contributed by atoms with Crippen LogP contribution in [0.1, 0.15) is 11.1 Å². The van der Waals surface area contributed by atoms with Crippen molar-refractivity contribution in [2.24, 2.45) is 5.73 Å². The average Bonchev–Trinajstić information content (AvgIpc) is 2.73. The van der Waals surface area contributed by atoms with Crippen molar-refractivity contribution in [3.63, 3.8) is 0 Å². The second-order valence-corrected chi connectivity index (χ2v) is 8.44. The first-order valence-corrected chi connectivity index (χ1v) is 11.0. The molecule has 0 spiro atoms. The first-order chi connectivity index (χ1) is 14.8. The molecule has 0 aromatic heterocycles. The van der Waals surface area contributed by atoms with Gasteiger partial charge in [-0.25, -0.2) is 0 Å². The molecule has 162 valence electrons. The molecule has 9 heteroatoms. The summed E-state index contributed by atoms with van der Waals surface area (Å²) in [5.74, 6) is 0.829. The van der Waals surface area contributed by atoms with Gasteiger partial charge in [-0.05, 0) is 17.7 Å². The molecule has 0 saturated heterocycles. The van der Waals surface area contributed by atoms with Gasteiger partial charge in [0.15, 0.2) is 0 Å². The number of halogens is 1. The van der Waals surface area contributed by atoms with Crippen LogP contribution in [0.5, 0.6) is 17.2 Å². The number of ether oxygens (including phenoxy) is 2. The number of rotatable bonds is 9. The van der Waals surface area contributed by atoms with Crippen molar-refractivity contribution in [1.82, 2.24) is 0 Å². The lowest BCUT2D eigenvalue weighted by Gasteiger charge is -2.12. The van der Waals surface area contributed by atoms with Gasteiger partial charge in [-0.2, -0.15) is 8.42 Å². The van der Waals surface area contributed by atoms with E-state index in [0.29, 0.717) is 30.1 Å². The van der Waals surface area contributed by atoms with Crippen LogP contribution >= 0.6 is 11.6 Å². The van der Waals surface area contributed by atoms with Gasteiger partial charge in [-0.1, -0.05) is 48.0 Å². The minimum absolute atomic E-state index is 0.0125. The third kappa shape index (κ3) is 5.90. The van der Waals surface area contributed by atoms with Crippen LogP contribution in [0, 0.1) is 5.41 Å². The number of hydrogen-bond donors (Lipinski definition) is 2. The normalized spacial score (nSPS) is 11.0. The summed E-state index contributed by atoms with van der Waals surface area (Å²) in [6, 6.07) is 17.9. The van der Waals surface area contributed by atoms with Gasteiger partial charge >= 0.3 is 10.1 Å². The van der Waals surface area contributed by atoms with Crippen molar-refractivity contribution in [3.8, 4) is 17.2 Å². The second kappa shape index (κ2) is 9.72. The van der Waals surface area contributed by atoms with Crippen LogP contribution in [-0.4, -0.2) is 28.0 Å². The van der Waals surface area contributed by atoms with E-state index in [0.717, 1.165) is 5.56 Å². The lowest BCUT2D eigenvalue weighted by molar-refractivity contribution is 0.317. The average molecular weight is 461 g/mol. The maximum atomic E-state index is 12.6. The molecule has 0 saturated carbocycles. The van der Waals surface area contributed by atoms with Gasteiger partial charge in [0.2, 0.25) is 0 Å². The van der Waals surface area contributed by atoms with Gasteiger partial charge < -0.3 is 19.4 Å². The molecule has 0 amide bonds. The molecule has 31 heavy (non-hydrogen) atoms. The minimum atomic E-state index is -4.13. The highest BCUT2D eigenvalue weighted by atomic mass is 35.5. The van der Waals surface area contributed by atoms with Crippen molar-refractivity contribution >= 4 is 27.6 Å². The van der Waals surface area contributed by atoms with Crippen molar-refractivity contribution in [1.29, 1.82) is 5.41 Å². The van der Waals surface area contributed by atoms with E-state index in [-0.39, 0.29) is 21.5 Å². The van der Waals surface area contributed by atoms with Crippen LogP contribution in [0.3, 0.4) is 0 Å². The number of nitrogens with two attached hydrogens (primary N) is 1. The maximum Gasteiger partial charge on any atom is 0.340 e. The third-order valence-corrected chi connectivity index (χ3v) is 6.07. The number of nitrogen functional groups attached to an aromatic ring is 1. The molecule has 0 radical (unpaired) electrons. The summed E-state index contributed by atoms with van der Waals surface area (Å²) in [5.41, 5.74) is 7.11. The molecule has 0 bridgehead atoms. The molecule has 0 atom stereocenters. The monoisotopic (exact) mass is 460 g/mol. The van der Waals surface area contributed by atoms with Crippen molar-refractivity contribution in [2.45, 2.75) is 11.3 Å². The number of benzene rings is 3. The predicted molar refractivity (Wildman–Crippen MR) is 119 cm³/mol. The minimum Gasteiger partial charge on any atom is -0.496 e. The zero-order valence-electron chi connectivity index (χ0n) is 16.7. The molecule has 0 unspecified atom stereocenters. The molecule has 3 rings (SSSR count). The van der Waals surface area contributed by atoms with E-state index in [2.05, 4.69) is 0 Å². The molecule has 0 aliphatic carbocycles. The quantitative estimate of drug-likeness (QED) is 0.283. The van der Waals surface area contributed by atoms with E-state index >= 15 is 0 Å². The van der Waals surface area contributed by atoms with E-state index in [9.17, 15) is 8.42 Å². The lowest BCUT2D eigenvalue weighted by atomic mass is 10.1. The summed E-state index contributed by atoms with van der Waals surface area (Å²) in [5, 5.41) is 7.49. The first kappa shape index (κ1) is 22.5. The van der Waals surface area contributed by atoms with Crippen molar-refractivity contribution in [3.05, 3.63) is 82.9 Å². The number of hydrogen-bond acceptors (Lipinski definition) is 6. The Morgan fingerprint density at radius 3 is 2.29 bits per heavy atom. The topological polar surface area (TPSA) is 112 Å². The van der Waals surface area contributed by atoms with Crippen molar-refractivity contribution in [2.75, 3.05) is 13.7 Å². The Hall–Kier alpha value is -3.23. The van der Waals surface area contributed by atoms with E-state index in [1.807, 2.05) is 12.1 Å². The zero-order chi connectivity index (χ0) is 22.4. The summed E-state index contributed by atoms with van der Waals surface area (Å²) < 4.78 is 41.4. The SMILES string of the molecule is COc1cc(OCCc2ccc(C(=N)N)cc2)cc(OS(=O)(=O)c2ccccc2Cl)c1. The van der Waals surface area contributed by atoms with Crippen LogP contribution in [-0.2, 0) is 16.5 Å². The van der Waals surface area contributed by atoms with Gasteiger partial charge in [0.25, 0.3) is 0 Å². The lowest BCUT2D eigenvalue weighted by Crippen LogP contribution is -2.11. The Morgan fingerprint density at radius 2 is 1.65 bits per heavy atom. The summed E-state index contributed by atoms with van der Waals surface area (Å²) in [6.45, 7) is 0.337. The Balaban J connectivity index is 1.71. The zero-order valence-corrected chi connectivity index (χ0v) is 18.2. The highest BCUT2D eigenvalue weighted by Crippen LogP contribution is 2.31. The molecule has 0 heterocycles. The van der Waals surface area contributed by atoms with Crippen LogP contribution in [0.2, 0.25) is 5.02 Å². The van der Waals surface area contributed by atoms with Crippen LogP contribution in [0.15, 0.2) is 71.6 Å². The molecular formula is C22H21ClN2O5S. The molecule has 0 aliphatic heterocycles. The standard InChI is InChI=1S/C22H21ClN2O5S/c1-28-17-12-18(29-11-10-15-6-8-16(9-7-15)22(24)25)14-19(13-17)30-31(26,27)21-5-3-2-4-20(21)23/h2-9,12-14H,10-11H2,1H3,(H3,24,25). The van der Waals surface area contributed by atoms with Crippen molar-refractivity contribution < 1.29 is 22.1 Å². The van der Waals surface area contributed by atoms with Crippen LogP contribution in [0.4, 0.5) is 0 Å². The fraction of sp³-hybridized carbons (Fsp3) is 0.136. The fourth-order valence-electron chi connectivity index (χ4n) is 2.75.